The van der Waals surface area contributed by atoms with E-state index in [-0.39, 0.29) is 0 Å². The first kappa shape index (κ1) is 14.9. The summed E-state index contributed by atoms with van der Waals surface area (Å²) in [6, 6.07) is 14.9. The van der Waals surface area contributed by atoms with Crippen LogP contribution in [0.25, 0.3) is 0 Å². The Morgan fingerprint density at radius 3 is 2.43 bits per heavy atom. The molecule has 0 unspecified atom stereocenters. The summed E-state index contributed by atoms with van der Waals surface area (Å²) in [7, 11) is 1.62. The summed E-state index contributed by atoms with van der Waals surface area (Å²) in [6.45, 7) is 0.549. The highest BCUT2D eigenvalue weighted by Crippen LogP contribution is 2.25. The van der Waals surface area contributed by atoms with Crippen molar-refractivity contribution in [1.29, 1.82) is 0 Å². The van der Waals surface area contributed by atoms with E-state index >= 15 is 0 Å². The minimum absolute atomic E-state index is 0.392. The number of hydrogen-bond donors (Lipinski definition) is 1. The number of nitrogens with two attached hydrogens (primary N) is 1. The number of methoxy groups -OCH3 is 1. The summed E-state index contributed by atoms with van der Waals surface area (Å²) >= 11 is 0. The van der Waals surface area contributed by atoms with E-state index in [2.05, 4.69) is 0 Å². The quantitative estimate of drug-likeness (QED) is 0.796. The molecule has 0 aromatic heterocycles. The van der Waals surface area contributed by atoms with Crippen LogP contribution in [-0.2, 0) is 6.42 Å². The summed E-state index contributed by atoms with van der Waals surface area (Å²) in [6.07, 6.45) is 1.54. The van der Waals surface area contributed by atoms with E-state index in [0.717, 1.165) is 29.9 Å². The highest BCUT2D eigenvalue weighted by molar-refractivity contribution is 5.94. The standard InChI is InChI=1S/C17H19NO3/c1-20-15-10-4-5-11-16(15)21-12-6-8-13-7-2-3-9-14(13)17(18)19/h2-5,7,9-11H,6,8,12H2,1H3,(H2,18,19). The van der Waals surface area contributed by atoms with Crippen LogP contribution in [0.3, 0.4) is 0 Å². The Labute approximate surface area is 124 Å². The second kappa shape index (κ2) is 7.33. The molecule has 2 rings (SSSR count). The SMILES string of the molecule is COc1ccccc1OCCCc1ccccc1C(N)=O. The number of para-hydroxylation sites is 2. The zero-order chi connectivity index (χ0) is 15.1. The summed E-state index contributed by atoms with van der Waals surface area (Å²) in [5.41, 5.74) is 6.89. The number of aryl methyl sites for hydroxylation is 1. The van der Waals surface area contributed by atoms with E-state index in [9.17, 15) is 4.79 Å². The van der Waals surface area contributed by atoms with Gasteiger partial charge in [-0.25, -0.2) is 0 Å². The molecule has 0 saturated carbocycles. The van der Waals surface area contributed by atoms with Gasteiger partial charge in [0.05, 0.1) is 13.7 Å². The van der Waals surface area contributed by atoms with Gasteiger partial charge in [0.15, 0.2) is 11.5 Å². The molecule has 0 fully saturated rings. The van der Waals surface area contributed by atoms with Crippen molar-refractivity contribution in [3.63, 3.8) is 0 Å². The topological polar surface area (TPSA) is 61.6 Å². The maximum Gasteiger partial charge on any atom is 0.248 e. The van der Waals surface area contributed by atoms with Crippen LogP contribution in [0.15, 0.2) is 48.5 Å². The van der Waals surface area contributed by atoms with Gasteiger partial charge in [0, 0.05) is 5.56 Å². The third-order valence-electron chi connectivity index (χ3n) is 3.20. The van der Waals surface area contributed by atoms with Crippen LogP contribution in [0.5, 0.6) is 11.5 Å². The summed E-state index contributed by atoms with van der Waals surface area (Å²) in [5, 5.41) is 0. The van der Waals surface area contributed by atoms with Gasteiger partial charge in [0.2, 0.25) is 5.91 Å². The number of benzene rings is 2. The Kier molecular flexibility index (Phi) is 5.21. The molecular formula is C17H19NO3. The maximum absolute atomic E-state index is 11.3. The van der Waals surface area contributed by atoms with Crippen LogP contribution in [0.2, 0.25) is 0 Å². The van der Waals surface area contributed by atoms with E-state index in [1.807, 2.05) is 42.5 Å². The van der Waals surface area contributed by atoms with Crippen LogP contribution in [-0.4, -0.2) is 19.6 Å². The molecule has 0 aliphatic carbocycles. The molecule has 0 aliphatic rings. The zero-order valence-electron chi connectivity index (χ0n) is 12.0. The van der Waals surface area contributed by atoms with E-state index < -0.39 is 5.91 Å². The predicted octanol–water partition coefficient (Wildman–Crippen LogP) is 2.81. The molecule has 2 N–H and O–H groups in total. The lowest BCUT2D eigenvalue weighted by Crippen LogP contribution is -2.14. The highest BCUT2D eigenvalue weighted by atomic mass is 16.5. The third kappa shape index (κ3) is 3.99. The second-order valence-corrected chi connectivity index (χ2v) is 4.62. The van der Waals surface area contributed by atoms with Gasteiger partial charge in [0.1, 0.15) is 0 Å². The number of rotatable bonds is 7. The van der Waals surface area contributed by atoms with E-state index in [1.54, 1.807) is 13.2 Å². The smallest absolute Gasteiger partial charge is 0.248 e. The van der Waals surface area contributed by atoms with Gasteiger partial charge >= 0.3 is 0 Å². The molecule has 1 amide bonds. The van der Waals surface area contributed by atoms with Crippen molar-refractivity contribution in [2.45, 2.75) is 12.8 Å². The first-order chi connectivity index (χ1) is 10.2. The van der Waals surface area contributed by atoms with Crippen molar-refractivity contribution in [2.24, 2.45) is 5.73 Å². The normalized spacial score (nSPS) is 10.1. The molecule has 0 heterocycles. The molecule has 0 atom stereocenters. The molecule has 0 saturated heterocycles. The molecule has 0 spiro atoms. The third-order valence-corrected chi connectivity index (χ3v) is 3.20. The Balaban J connectivity index is 1.89. The Morgan fingerprint density at radius 2 is 1.71 bits per heavy atom. The first-order valence-electron chi connectivity index (χ1n) is 6.86. The second-order valence-electron chi connectivity index (χ2n) is 4.62. The minimum Gasteiger partial charge on any atom is -0.493 e. The van der Waals surface area contributed by atoms with Crippen molar-refractivity contribution >= 4 is 5.91 Å². The largest absolute Gasteiger partial charge is 0.493 e. The number of hydrogen-bond acceptors (Lipinski definition) is 3. The Bertz CT molecular complexity index is 610. The van der Waals surface area contributed by atoms with Crippen LogP contribution in [0.4, 0.5) is 0 Å². The van der Waals surface area contributed by atoms with Gasteiger partial charge < -0.3 is 15.2 Å². The minimum atomic E-state index is -0.392. The van der Waals surface area contributed by atoms with Crippen molar-refractivity contribution in [1.82, 2.24) is 0 Å². The average Bonchev–Trinajstić information content (AvgIpc) is 2.52. The molecule has 0 aliphatic heterocycles. The van der Waals surface area contributed by atoms with Crippen molar-refractivity contribution in [3.05, 3.63) is 59.7 Å². The molecular weight excluding hydrogens is 266 g/mol. The van der Waals surface area contributed by atoms with Crippen LogP contribution < -0.4 is 15.2 Å². The number of ether oxygens (including phenoxy) is 2. The monoisotopic (exact) mass is 285 g/mol. The summed E-state index contributed by atoms with van der Waals surface area (Å²) < 4.78 is 10.9. The molecule has 0 bridgehead atoms. The van der Waals surface area contributed by atoms with Gasteiger partial charge in [-0.15, -0.1) is 0 Å². The van der Waals surface area contributed by atoms with Crippen molar-refractivity contribution in [2.75, 3.05) is 13.7 Å². The fourth-order valence-corrected chi connectivity index (χ4v) is 2.16. The molecule has 2 aromatic carbocycles. The number of primary amides is 1. The molecule has 4 heteroatoms. The molecule has 110 valence electrons. The zero-order valence-corrected chi connectivity index (χ0v) is 12.0. The molecule has 0 radical (unpaired) electrons. The fraction of sp³-hybridized carbons (Fsp3) is 0.235. The lowest BCUT2D eigenvalue weighted by molar-refractivity contribution is 0.0999. The van der Waals surface area contributed by atoms with Gasteiger partial charge in [-0.1, -0.05) is 30.3 Å². The number of carbonyl (C=O) groups excluding carboxylic acids is 1. The fourth-order valence-electron chi connectivity index (χ4n) is 2.16. The van der Waals surface area contributed by atoms with Crippen molar-refractivity contribution < 1.29 is 14.3 Å². The Hall–Kier alpha value is -2.49. The Morgan fingerprint density at radius 1 is 1.05 bits per heavy atom. The van der Waals surface area contributed by atoms with Crippen LogP contribution >= 0.6 is 0 Å². The predicted molar refractivity (Wildman–Crippen MR) is 81.8 cm³/mol. The van der Waals surface area contributed by atoms with E-state index in [4.69, 9.17) is 15.2 Å². The van der Waals surface area contributed by atoms with Crippen molar-refractivity contribution in [3.8, 4) is 11.5 Å². The van der Waals surface area contributed by atoms with E-state index in [1.165, 1.54) is 0 Å². The lowest BCUT2D eigenvalue weighted by atomic mass is 10.0. The number of amides is 1. The number of carbonyl (C=O) groups is 1. The molecule has 2 aromatic rings. The first-order valence-corrected chi connectivity index (χ1v) is 6.86. The highest BCUT2D eigenvalue weighted by Gasteiger charge is 2.07. The van der Waals surface area contributed by atoms with Gasteiger partial charge in [0.25, 0.3) is 0 Å². The van der Waals surface area contributed by atoms with E-state index in [0.29, 0.717) is 12.2 Å². The van der Waals surface area contributed by atoms with Crippen LogP contribution in [0, 0.1) is 0 Å². The summed E-state index contributed by atoms with van der Waals surface area (Å²) in [5.74, 6) is 1.05. The summed E-state index contributed by atoms with van der Waals surface area (Å²) in [4.78, 5) is 11.3. The average molecular weight is 285 g/mol. The van der Waals surface area contributed by atoms with Crippen LogP contribution in [0.1, 0.15) is 22.3 Å². The van der Waals surface area contributed by atoms with Gasteiger partial charge in [-0.2, -0.15) is 0 Å². The lowest BCUT2D eigenvalue weighted by Gasteiger charge is -2.11. The van der Waals surface area contributed by atoms with Gasteiger partial charge in [-0.3, -0.25) is 4.79 Å². The van der Waals surface area contributed by atoms with Gasteiger partial charge in [-0.05, 0) is 36.6 Å². The molecule has 21 heavy (non-hydrogen) atoms. The molecule has 4 nitrogen and oxygen atoms in total. The maximum atomic E-state index is 11.3.